The summed E-state index contributed by atoms with van der Waals surface area (Å²) in [6.07, 6.45) is 1.67. The molecule has 0 saturated heterocycles. The quantitative estimate of drug-likeness (QED) is 0.330. The lowest BCUT2D eigenvalue weighted by molar-refractivity contribution is -0.116. The third kappa shape index (κ3) is 5.35. The van der Waals surface area contributed by atoms with E-state index in [1.165, 1.54) is 40.7 Å². The fraction of sp³-hybridized carbons (Fsp3) is 0.150. The number of nitrogens with two attached hydrogens (primary N) is 1. The highest BCUT2D eigenvalue weighted by molar-refractivity contribution is 7.99. The van der Waals surface area contributed by atoms with Gasteiger partial charge in [-0.3, -0.25) is 4.79 Å². The Bertz CT molecular complexity index is 963. The Hall–Kier alpha value is -3.33. The van der Waals surface area contributed by atoms with E-state index in [2.05, 4.69) is 16.8 Å². The number of carbonyl (C=O) groups excluding carboxylic acids is 1. The Labute approximate surface area is 172 Å². The van der Waals surface area contributed by atoms with Crippen molar-refractivity contribution in [1.82, 2.24) is 14.9 Å². The fourth-order valence-corrected chi connectivity index (χ4v) is 3.23. The van der Waals surface area contributed by atoms with Gasteiger partial charge in [-0.2, -0.15) is 0 Å². The van der Waals surface area contributed by atoms with E-state index in [1.807, 2.05) is 30.3 Å². The topological polar surface area (TPSA) is 86.3 Å². The SMILES string of the molecule is C=CCN(C(=O)CSc1nnc(COc2ccc(F)cc2)n1N)c1ccccc1. The second-order valence-corrected chi connectivity index (χ2v) is 6.87. The largest absolute Gasteiger partial charge is 0.486 e. The van der Waals surface area contributed by atoms with Gasteiger partial charge in [-0.05, 0) is 36.4 Å². The number of amides is 1. The van der Waals surface area contributed by atoms with Gasteiger partial charge in [-0.25, -0.2) is 9.07 Å². The normalized spacial score (nSPS) is 10.5. The van der Waals surface area contributed by atoms with Crippen LogP contribution in [0.3, 0.4) is 0 Å². The van der Waals surface area contributed by atoms with Crippen LogP contribution in [0.5, 0.6) is 5.75 Å². The number of benzene rings is 2. The lowest BCUT2D eigenvalue weighted by atomic mass is 10.3. The molecule has 2 N–H and O–H groups in total. The van der Waals surface area contributed by atoms with E-state index < -0.39 is 0 Å². The molecule has 0 bridgehead atoms. The van der Waals surface area contributed by atoms with E-state index in [1.54, 1.807) is 11.0 Å². The molecule has 1 aromatic heterocycles. The molecule has 7 nitrogen and oxygen atoms in total. The minimum Gasteiger partial charge on any atom is -0.486 e. The number of aromatic nitrogens is 3. The molecule has 0 saturated carbocycles. The van der Waals surface area contributed by atoms with Crippen molar-refractivity contribution >= 4 is 23.4 Å². The summed E-state index contributed by atoms with van der Waals surface area (Å²) in [7, 11) is 0. The highest BCUT2D eigenvalue weighted by atomic mass is 32.2. The summed E-state index contributed by atoms with van der Waals surface area (Å²) < 4.78 is 19.7. The van der Waals surface area contributed by atoms with Gasteiger partial charge in [0.15, 0.2) is 5.82 Å². The molecule has 0 aliphatic rings. The van der Waals surface area contributed by atoms with Crippen molar-refractivity contribution in [3.05, 3.63) is 78.9 Å². The van der Waals surface area contributed by atoms with Crippen molar-refractivity contribution in [2.24, 2.45) is 0 Å². The molecule has 9 heteroatoms. The van der Waals surface area contributed by atoms with Crippen LogP contribution >= 0.6 is 11.8 Å². The molecule has 0 atom stereocenters. The van der Waals surface area contributed by atoms with Crippen LogP contribution in [0.4, 0.5) is 10.1 Å². The number of nitrogen functional groups attached to an aromatic ring is 1. The average molecular weight is 413 g/mol. The zero-order valence-electron chi connectivity index (χ0n) is 15.6. The molecular weight excluding hydrogens is 393 g/mol. The summed E-state index contributed by atoms with van der Waals surface area (Å²) in [4.78, 5) is 14.3. The van der Waals surface area contributed by atoms with Gasteiger partial charge in [-0.15, -0.1) is 16.8 Å². The van der Waals surface area contributed by atoms with Gasteiger partial charge in [0.2, 0.25) is 11.1 Å². The van der Waals surface area contributed by atoms with Crippen LogP contribution in [0, 0.1) is 5.82 Å². The Morgan fingerprint density at radius 1 is 1.21 bits per heavy atom. The van der Waals surface area contributed by atoms with Crippen LogP contribution in [-0.2, 0) is 11.4 Å². The maximum absolute atomic E-state index is 12.9. The molecule has 1 heterocycles. The van der Waals surface area contributed by atoms with E-state index in [0.717, 1.165) is 5.69 Å². The van der Waals surface area contributed by atoms with E-state index in [9.17, 15) is 9.18 Å². The van der Waals surface area contributed by atoms with Crippen molar-refractivity contribution in [2.75, 3.05) is 23.0 Å². The number of thioether (sulfide) groups is 1. The second kappa shape index (κ2) is 9.74. The lowest BCUT2D eigenvalue weighted by Gasteiger charge is -2.20. The van der Waals surface area contributed by atoms with Gasteiger partial charge < -0.3 is 15.5 Å². The zero-order chi connectivity index (χ0) is 20.6. The summed E-state index contributed by atoms with van der Waals surface area (Å²) in [5.74, 6) is 6.57. The molecule has 3 rings (SSSR count). The van der Waals surface area contributed by atoms with Gasteiger partial charge in [0.1, 0.15) is 18.2 Å². The number of halogens is 1. The monoisotopic (exact) mass is 413 g/mol. The highest BCUT2D eigenvalue weighted by Crippen LogP contribution is 2.20. The first-order valence-electron chi connectivity index (χ1n) is 8.75. The minimum atomic E-state index is -0.344. The van der Waals surface area contributed by atoms with E-state index in [-0.39, 0.29) is 24.1 Å². The van der Waals surface area contributed by atoms with Crippen molar-refractivity contribution < 1.29 is 13.9 Å². The number of hydrogen-bond donors (Lipinski definition) is 1. The van der Waals surface area contributed by atoms with Crippen LogP contribution in [0.2, 0.25) is 0 Å². The van der Waals surface area contributed by atoms with Crippen LogP contribution < -0.4 is 15.5 Å². The first-order valence-corrected chi connectivity index (χ1v) is 9.74. The van der Waals surface area contributed by atoms with Gasteiger partial charge in [-0.1, -0.05) is 36.0 Å². The van der Waals surface area contributed by atoms with Crippen LogP contribution in [-0.4, -0.2) is 33.1 Å². The molecule has 150 valence electrons. The Balaban J connectivity index is 1.59. The Morgan fingerprint density at radius 2 is 1.93 bits per heavy atom. The molecule has 1 amide bonds. The maximum Gasteiger partial charge on any atom is 0.237 e. The molecular formula is C20H20FN5O2S. The summed E-state index contributed by atoms with van der Waals surface area (Å²) in [5.41, 5.74) is 0.792. The predicted octanol–water partition coefficient (Wildman–Crippen LogP) is 3.02. The number of carbonyl (C=O) groups is 1. The number of rotatable bonds is 9. The fourth-order valence-electron chi connectivity index (χ4n) is 2.48. The second-order valence-electron chi connectivity index (χ2n) is 5.93. The Kier molecular flexibility index (Phi) is 6.85. The molecule has 0 aliphatic heterocycles. The standard InChI is InChI=1S/C20H20FN5O2S/c1-2-12-25(16-6-4-3-5-7-16)19(27)14-29-20-24-23-18(26(20)22)13-28-17-10-8-15(21)9-11-17/h2-11H,1,12-14,22H2. The summed E-state index contributed by atoms with van der Waals surface area (Å²) >= 11 is 1.18. The van der Waals surface area contributed by atoms with Crippen molar-refractivity contribution in [2.45, 2.75) is 11.8 Å². The van der Waals surface area contributed by atoms with Gasteiger partial charge >= 0.3 is 0 Å². The van der Waals surface area contributed by atoms with Crippen molar-refractivity contribution in [3.63, 3.8) is 0 Å². The van der Waals surface area contributed by atoms with E-state index in [0.29, 0.717) is 23.3 Å². The molecule has 29 heavy (non-hydrogen) atoms. The van der Waals surface area contributed by atoms with E-state index in [4.69, 9.17) is 10.6 Å². The van der Waals surface area contributed by atoms with Crippen LogP contribution in [0.15, 0.2) is 72.4 Å². The van der Waals surface area contributed by atoms with Crippen molar-refractivity contribution in [3.8, 4) is 5.75 Å². The summed E-state index contributed by atoms with van der Waals surface area (Å²) in [5, 5.41) is 8.40. The van der Waals surface area contributed by atoms with Crippen LogP contribution in [0.25, 0.3) is 0 Å². The molecule has 0 radical (unpaired) electrons. The minimum absolute atomic E-state index is 0.0657. The third-order valence-corrected chi connectivity index (χ3v) is 4.85. The molecule has 0 fully saturated rings. The number of nitrogens with zero attached hydrogens (tertiary/aromatic N) is 4. The third-order valence-electron chi connectivity index (χ3n) is 3.92. The molecule has 0 unspecified atom stereocenters. The highest BCUT2D eigenvalue weighted by Gasteiger charge is 2.17. The van der Waals surface area contributed by atoms with E-state index >= 15 is 0 Å². The molecule has 0 aliphatic carbocycles. The first-order chi connectivity index (χ1) is 14.1. The lowest BCUT2D eigenvalue weighted by Crippen LogP contribution is -2.32. The Morgan fingerprint density at radius 3 is 2.62 bits per heavy atom. The smallest absolute Gasteiger partial charge is 0.237 e. The number of para-hydroxylation sites is 1. The van der Waals surface area contributed by atoms with Crippen LogP contribution in [0.1, 0.15) is 5.82 Å². The maximum atomic E-state index is 12.9. The zero-order valence-corrected chi connectivity index (χ0v) is 16.4. The van der Waals surface area contributed by atoms with Gasteiger partial charge in [0.25, 0.3) is 0 Å². The summed E-state index contributed by atoms with van der Waals surface area (Å²) in [6.45, 7) is 4.18. The van der Waals surface area contributed by atoms with Crippen molar-refractivity contribution in [1.29, 1.82) is 0 Å². The average Bonchev–Trinajstić information content (AvgIpc) is 3.10. The number of hydrogen-bond acceptors (Lipinski definition) is 6. The summed E-state index contributed by atoms with van der Waals surface area (Å²) in [6, 6.07) is 15.0. The number of ether oxygens (including phenoxy) is 1. The molecule has 0 spiro atoms. The molecule has 2 aromatic carbocycles. The first kappa shape index (κ1) is 20.4. The molecule has 3 aromatic rings. The predicted molar refractivity (Wildman–Crippen MR) is 111 cm³/mol. The van der Waals surface area contributed by atoms with Gasteiger partial charge in [0.05, 0.1) is 5.75 Å². The number of anilines is 1. The van der Waals surface area contributed by atoms with Gasteiger partial charge in [0, 0.05) is 12.2 Å².